The summed E-state index contributed by atoms with van der Waals surface area (Å²) in [5, 5.41) is 7.83. The smallest absolute Gasteiger partial charge is 0.244 e. The molecule has 1 N–H and O–H groups in total. The molecule has 0 aliphatic carbocycles. The number of benzene rings is 1. The molecule has 2 heterocycles. The average molecular weight is 284 g/mol. The summed E-state index contributed by atoms with van der Waals surface area (Å²) < 4.78 is 8.86. The van der Waals surface area contributed by atoms with E-state index in [0.29, 0.717) is 5.69 Å². The number of methoxy groups -OCH3 is 1. The number of nitrogens with one attached hydrogen (secondary N) is 1. The van der Waals surface area contributed by atoms with E-state index < -0.39 is 0 Å². The molecule has 0 fully saturated rings. The summed E-state index contributed by atoms with van der Waals surface area (Å²) in [6.45, 7) is 0.242. The van der Waals surface area contributed by atoms with Crippen LogP contribution in [0.25, 0.3) is 10.9 Å². The van der Waals surface area contributed by atoms with E-state index in [1.54, 1.807) is 31.2 Å². The van der Waals surface area contributed by atoms with Crippen molar-refractivity contribution >= 4 is 22.5 Å². The molecule has 108 valence electrons. The summed E-state index contributed by atoms with van der Waals surface area (Å²) in [6.07, 6.45) is 5.26. The molecule has 0 atom stereocenters. The van der Waals surface area contributed by atoms with E-state index in [-0.39, 0.29) is 12.5 Å². The molecule has 0 radical (unpaired) electrons. The molecule has 0 saturated heterocycles. The van der Waals surface area contributed by atoms with Crippen molar-refractivity contribution in [3.8, 4) is 5.75 Å². The molecule has 0 unspecified atom stereocenters. The van der Waals surface area contributed by atoms with Crippen LogP contribution < -0.4 is 10.1 Å². The average Bonchev–Trinajstić information content (AvgIpc) is 3.05. The highest BCUT2D eigenvalue weighted by Gasteiger charge is 2.09. The van der Waals surface area contributed by atoms with Gasteiger partial charge >= 0.3 is 0 Å². The maximum absolute atomic E-state index is 12.1. The van der Waals surface area contributed by atoms with Crippen LogP contribution >= 0.6 is 0 Å². The van der Waals surface area contributed by atoms with Crippen LogP contribution in [0.2, 0.25) is 0 Å². The summed E-state index contributed by atoms with van der Waals surface area (Å²) >= 11 is 0. The zero-order valence-electron chi connectivity index (χ0n) is 11.9. The maximum atomic E-state index is 12.1. The Morgan fingerprint density at radius 1 is 1.38 bits per heavy atom. The second kappa shape index (κ2) is 5.32. The molecule has 0 aliphatic heterocycles. The fourth-order valence-corrected chi connectivity index (χ4v) is 2.35. The van der Waals surface area contributed by atoms with E-state index in [9.17, 15) is 4.79 Å². The lowest BCUT2D eigenvalue weighted by Crippen LogP contribution is -2.17. The molecule has 6 heteroatoms. The van der Waals surface area contributed by atoms with Gasteiger partial charge in [-0.2, -0.15) is 5.10 Å². The topological polar surface area (TPSA) is 61.1 Å². The van der Waals surface area contributed by atoms with E-state index in [2.05, 4.69) is 10.4 Å². The Morgan fingerprint density at radius 2 is 2.24 bits per heavy atom. The predicted molar refractivity (Wildman–Crippen MR) is 80.3 cm³/mol. The molecule has 0 saturated carbocycles. The Labute approximate surface area is 121 Å². The number of aromatic nitrogens is 3. The Balaban J connectivity index is 1.80. The molecule has 3 rings (SSSR count). The number of ether oxygens (including phenoxy) is 1. The van der Waals surface area contributed by atoms with Crippen molar-refractivity contribution in [1.82, 2.24) is 14.3 Å². The minimum atomic E-state index is -0.0941. The van der Waals surface area contributed by atoms with Crippen LogP contribution in [0.1, 0.15) is 0 Å². The van der Waals surface area contributed by atoms with Crippen LogP contribution in [0, 0.1) is 0 Å². The van der Waals surface area contributed by atoms with E-state index in [0.717, 1.165) is 16.7 Å². The van der Waals surface area contributed by atoms with Crippen LogP contribution in [0.4, 0.5) is 5.69 Å². The van der Waals surface area contributed by atoms with Crippen molar-refractivity contribution in [3.05, 3.63) is 42.9 Å². The summed E-state index contributed by atoms with van der Waals surface area (Å²) in [5.41, 5.74) is 1.66. The van der Waals surface area contributed by atoms with Gasteiger partial charge in [-0.25, -0.2) is 0 Å². The van der Waals surface area contributed by atoms with Gasteiger partial charge < -0.3 is 14.6 Å². The lowest BCUT2D eigenvalue weighted by Gasteiger charge is -2.07. The normalized spacial score (nSPS) is 10.8. The Kier molecular flexibility index (Phi) is 3.35. The van der Waals surface area contributed by atoms with Gasteiger partial charge in [-0.15, -0.1) is 0 Å². The third-order valence-corrected chi connectivity index (χ3v) is 3.30. The van der Waals surface area contributed by atoms with Crippen LogP contribution in [0.15, 0.2) is 42.9 Å². The number of nitrogens with zero attached hydrogens (tertiary/aromatic N) is 3. The van der Waals surface area contributed by atoms with E-state index in [4.69, 9.17) is 4.74 Å². The summed E-state index contributed by atoms with van der Waals surface area (Å²) in [6, 6.07) is 7.74. The van der Waals surface area contributed by atoms with Crippen LogP contribution in [0.5, 0.6) is 5.75 Å². The zero-order chi connectivity index (χ0) is 14.8. The lowest BCUT2D eigenvalue weighted by molar-refractivity contribution is -0.116. The molecule has 3 aromatic rings. The molecule has 6 nitrogen and oxygen atoms in total. The highest BCUT2D eigenvalue weighted by molar-refractivity contribution is 5.92. The quantitative estimate of drug-likeness (QED) is 0.797. The first-order chi connectivity index (χ1) is 10.2. The second-order valence-electron chi connectivity index (χ2n) is 4.79. The van der Waals surface area contributed by atoms with E-state index >= 15 is 0 Å². The third-order valence-electron chi connectivity index (χ3n) is 3.30. The van der Waals surface area contributed by atoms with Gasteiger partial charge in [0.25, 0.3) is 0 Å². The minimum Gasteiger partial charge on any atom is -0.496 e. The third kappa shape index (κ3) is 2.60. The Morgan fingerprint density at radius 3 is 2.95 bits per heavy atom. The first kappa shape index (κ1) is 13.2. The van der Waals surface area contributed by atoms with Gasteiger partial charge in [0.2, 0.25) is 5.91 Å². The van der Waals surface area contributed by atoms with Gasteiger partial charge in [-0.05, 0) is 18.2 Å². The summed E-state index contributed by atoms with van der Waals surface area (Å²) in [5.74, 6) is 0.710. The summed E-state index contributed by atoms with van der Waals surface area (Å²) in [7, 11) is 3.45. The number of carbonyl (C=O) groups is 1. The Hall–Kier alpha value is -2.76. The van der Waals surface area contributed by atoms with Gasteiger partial charge in [0.15, 0.2) is 0 Å². The SMILES string of the molecule is COc1cccc2c1ccn2CC(=O)Nc1cnn(C)c1. The van der Waals surface area contributed by atoms with Crippen LogP contribution in [-0.4, -0.2) is 27.4 Å². The van der Waals surface area contributed by atoms with E-state index in [1.165, 1.54) is 0 Å². The number of hydrogen-bond donors (Lipinski definition) is 1. The first-order valence-corrected chi connectivity index (χ1v) is 6.58. The predicted octanol–water partition coefficient (Wildman–Crippen LogP) is 2.02. The Bertz CT molecular complexity index is 788. The molecule has 21 heavy (non-hydrogen) atoms. The first-order valence-electron chi connectivity index (χ1n) is 6.58. The number of fused-ring (bicyclic) bond motifs is 1. The molecule has 1 aromatic carbocycles. The van der Waals surface area contributed by atoms with Gasteiger partial charge in [0.05, 0.1) is 24.5 Å². The van der Waals surface area contributed by atoms with Gasteiger partial charge in [-0.1, -0.05) is 6.07 Å². The molecule has 1 amide bonds. The van der Waals surface area contributed by atoms with Crippen molar-refractivity contribution in [1.29, 1.82) is 0 Å². The number of carbonyl (C=O) groups excluding carboxylic acids is 1. The largest absolute Gasteiger partial charge is 0.496 e. The van der Waals surface area contributed by atoms with Crippen molar-refractivity contribution in [2.24, 2.45) is 7.05 Å². The fraction of sp³-hybridized carbons (Fsp3) is 0.200. The molecule has 0 bridgehead atoms. The number of amides is 1. The number of aryl methyl sites for hydroxylation is 1. The number of hydrogen-bond acceptors (Lipinski definition) is 3. The van der Waals surface area contributed by atoms with Gasteiger partial charge in [0.1, 0.15) is 12.3 Å². The minimum absolute atomic E-state index is 0.0941. The second-order valence-corrected chi connectivity index (χ2v) is 4.79. The molecule has 0 aliphatic rings. The van der Waals surface area contributed by atoms with E-state index in [1.807, 2.05) is 35.0 Å². The molecule has 2 aromatic heterocycles. The van der Waals surface area contributed by atoms with Crippen LogP contribution in [-0.2, 0) is 18.4 Å². The van der Waals surface area contributed by atoms with Crippen molar-refractivity contribution < 1.29 is 9.53 Å². The van der Waals surface area contributed by atoms with Crippen LogP contribution in [0.3, 0.4) is 0 Å². The highest BCUT2D eigenvalue weighted by Crippen LogP contribution is 2.26. The van der Waals surface area contributed by atoms with Gasteiger partial charge in [-0.3, -0.25) is 9.48 Å². The molecule has 0 spiro atoms. The van der Waals surface area contributed by atoms with Crippen molar-refractivity contribution in [3.63, 3.8) is 0 Å². The van der Waals surface area contributed by atoms with Gasteiger partial charge in [0, 0.05) is 24.8 Å². The van der Waals surface area contributed by atoms with Crippen molar-refractivity contribution in [2.75, 3.05) is 12.4 Å². The zero-order valence-corrected chi connectivity index (χ0v) is 11.9. The van der Waals surface area contributed by atoms with Crippen molar-refractivity contribution in [2.45, 2.75) is 6.54 Å². The molecular weight excluding hydrogens is 268 g/mol. The number of anilines is 1. The lowest BCUT2D eigenvalue weighted by atomic mass is 10.2. The number of rotatable bonds is 4. The monoisotopic (exact) mass is 284 g/mol. The maximum Gasteiger partial charge on any atom is 0.244 e. The highest BCUT2D eigenvalue weighted by atomic mass is 16.5. The standard InChI is InChI=1S/C15H16N4O2/c1-18-9-11(8-16-18)17-15(20)10-19-7-6-12-13(19)4-3-5-14(12)21-2/h3-9H,10H2,1-2H3,(H,17,20). The summed E-state index contributed by atoms with van der Waals surface area (Å²) in [4.78, 5) is 12.1. The fourth-order valence-electron chi connectivity index (χ4n) is 2.35. The molecular formula is C15H16N4O2.